The number of morpholine rings is 1. The summed E-state index contributed by atoms with van der Waals surface area (Å²) in [5.74, 6) is 0.509. The van der Waals surface area contributed by atoms with E-state index in [4.69, 9.17) is 28.3 Å². The van der Waals surface area contributed by atoms with Crippen LogP contribution >= 0.6 is 23.6 Å². The molecule has 100 valence electrons. The molecule has 6 heteroatoms. The number of rotatable bonds is 5. The molecular weight excluding hydrogens is 261 g/mol. The molecule has 1 atom stereocenters. The Morgan fingerprint density at radius 3 is 2.94 bits per heavy atom. The minimum Gasteiger partial charge on any atom is -0.375 e. The van der Waals surface area contributed by atoms with Crippen molar-refractivity contribution in [2.45, 2.75) is 45.1 Å². The van der Waals surface area contributed by atoms with Gasteiger partial charge in [0.2, 0.25) is 5.96 Å². The van der Waals surface area contributed by atoms with Crippen LogP contribution in [0.2, 0.25) is 0 Å². The summed E-state index contributed by atoms with van der Waals surface area (Å²) in [5, 5.41) is 0. The van der Waals surface area contributed by atoms with Crippen molar-refractivity contribution in [2.24, 2.45) is 4.51 Å². The molecule has 1 unspecified atom stereocenters. The third kappa shape index (κ3) is 5.32. The van der Waals surface area contributed by atoms with E-state index >= 15 is 0 Å². The fourth-order valence-electron chi connectivity index (χ4n) is 2.01. The molecule has 0 aromatic rings. The maximum Gasteiger partial charge on any atom is 0.226 e. The molecule has 0 aromatic carbocycles. The standard InChI is InChI=1S/C11H21Cl2N3O/c1-2-3-4-5-6-10-9-16(7-8-17-10)11(14-12)15-13/h10H,2-9H2,1H3,(H,14,15). The SMILES string of the molecule is CCCCCCC1CN(C(=NCl)NCl)CCO1. The van der Waals surface area contributed by atoms with E-state index < -0.39 is 0 Å². The first-order valence-electron chi connectivity index (χ1n) is 6.24. The van der Waals surface area contributed by atoms with Crippen molar-refractivity contribution >= 4 is 29.5 Å². The van der Waals surface area contributed by atoms with Gasteiger partial charge in [-0.05, 0) is 6.42 Å². The summed E-state index contributed by atoms with van der Waals surface area (Å²) < 4.78 is 9.31. The van der Waals surface area contributed by atoms with Crippen LogP contribution in [-0.2, 0) is 4.74 Å². The Morgan fingerprint density at radius 2 is 2.29 bits per heavy atom. The molecule has 1 aliphatic rings. The molecule has 0 spiro atoms. The highest BCUT2D eigenvalue weighted by molar-refractivity contribution is 6.26. The van der Waals surface area contributed by atoms with Gasteiger partial charge in [0.15, 0.2) is 0 Å². The molecular formula is C11H21Cl2N3O. The van der Waals surface area contributed by atoms with E-state index in [-0.39, 0.29) is 6.10 Å². The number of halogens is 2. The number of unbranched alkanes of at least 4 members (excludes halogenated alkanes) is 3. The van der Waals surface area contributed by atoms with Gasteiger partial charge in [0.1, 0.15) is 0 Å². The first-order chi connectivity index (χ1) is 8.31. The van der Waals surface area contributed by atoms with Crippen LogP contribution in [0.5, 0.6) is 0 Å². The zero-order valence-corrected chi connectivity index (χ0v) is 11.8. The van der Waals surface area contributed by atoms with Gasteiger partial charge in [-0.25, -0.2) is 0 Å². The van der Waals surface area contributed by atoms with Crippen molar-refractivity contribution < 1.29 is 4.74 Å². The zero-order valence-electron chi connectivity index (χ0n) is 10.3. The van der Waals surface area contributed by atoms with Crippen molar-refractivity contribution in [3.8, 4) is 0 Å². The largest absolute Gasteiger partial charge is 0.375 e. The van der Waals surface area contributed by atoms with E-state index in [1.54, 1.807) is 0 Å². The third-order valence-electron chi connectivity index (χ3n) is 2.98. The number of guanidine groups is 1. The smallest absolute Gasteiger partial charge is 0.226 e. The lowest BCUT2D eigenvalue weighted by molar-refractivity contribution is -0.0115. The number of nitrogens with one attached hydrogen (secondary N) is 1. The molecule has 0 aromatic heterocycles. The monoisotopic (exact) mass is 281 g/mol. The Morgan fingerprint density at radius 1 is 1.47 bits per heavy atom. The van der Waals surface area contributed by atoms with Gasteiger partial charge < -0.3 is 9.64 Å². The molecule has 1 aliphatic heterocycles. The molecule has 4 nitrogen and oxygen atoms in total. The Labute approximate surface area is 114 Å². The highest BCUT2D eigenvalue weighted by Crippen LogP contribution is 2.13. The van der Waals surface area contributed by atoms with E-state index in [0.29, 0.717) is 12.6 Å². The van der Waals surface area contributed by atoms with Crippen LogP contribution in [0.3, 0.4) is 0 Å². The molecule has 0 saturated carbocycles. The Balaban J connectivity index is 2.28. The van der Waals surface area contributed by atoms with Crippen LogP contribution in [0.4, 0.5) is 0 Å². The van der Waals surface area contributed by atoms with Crippen LogP contribution in [0.1, 0.15) is 39.0 Å². The van der Waals surface area contributed by atoms with Crippen LogP contribution in [-0.4, -0.2) is 36.7 Å². The lowest BCUT2D eigenvalue weighted by atomic mass is 10.1. The maximum absolute atomic E-state index is 5.72. The van der Waals surface area contributed by atoms with Crippen LogP contribution in [0, 0.1) is 0 Å². The summed E-state index contributed by atoms with van der Waals surface area (Å²) in [4.78, 5) is 4.50. The fourth-order valence-corrected chi connectivity index (χ4v) is 2.37. The molecule has 0 radical (unpaired) electrons. The summed E-state index contributed by atoms with van der Waals surface area (Å²) >= 11 is 11.0. The lowest BCUT2D eigenvalue weighted by Gasteiger charge is -2.33. The van der Waals surface area contributed by atoms with Gasteiger partial charge in [-0.1, -0.05) is 32.6 Å². The summed E-state index contributed by atoms with van der Waals surface area (Å²) in [5.41, 5.74) is 0. The van der Waals surface area contributed by atoms with Gasteiger partial charge in [0.25, 0.3) is 0 Å². The summed E-state index contributed by atoms with van der Waals surface area (Å²) in [7, 11) is 0. The predicted molar refractivity (Wildman–Crippen MR) is 72.3 cm³/mol. The first kappa shape index (κ1) is 14.9. The zero-order chi connectivity index (χ0) is 12.5. The molecule has 1 saturated heterocycles. The Kier molecular flexibility index (Phi) is 7.73. The van der Waals surface area contributed by atoms with E-state index in [0.717, 1.165) is 19.5 Å². The topological polar surface area (TPSA) is 36.9 Å². The van der Waals surface area contributed by atoms with E-state index in [2.05, 4.69) is 16.3 Å². The highest BCUT2D eigenvalue weighted by Gasteiger charge is 2.22. The van der Waals surface area contributed by atoms with Gasteiger partial charge in [-0.15, -0.1) is 4.51 Å². The second-order valence-corrected chi connectivity index (χ2v) is 4.65. The second kappa shape index (κ2) is 8.84. The number of hydrogen-bond donors (Lipinski definition) is 1. The number of hydrogen-bond acceptors (Lipinski definition) is 2. The van der Waals surface area contributed by atoms with Gasteiger partial charge in [0.05, 0.1) is 12.7 Å². The van der Waals surface area contributed by atoms with Crippen molar-refractivity contribution in [3.63, 3.8) is 0 Å². The molecule has 1 rings (SSSR count). The lowest BCUT2D eigenvalue weighted by Crippen LogP contribution is -2.48. The molecule has 17 heavy (non-hydrogen) atoms. The van der Waals surface area contributed by atoms with E-state index in [9.17, 15) is 0 Å². The molecule has 1 heterocycles. The average Bonchev–Trinajstić information content (AvgIpc) is 2.37. The number of ether oxygens (including phenoxy) is 1. The number of nitrogens with zero attached hydrogens (tertiary/aromatic N) is 2. The normalized spacial score (nSPS) is 21.7. The average molecular weight is 282 g/mol. The quantitative estimate of drug-likeness (QED) is 0.364. The van der Waals surface area contributed by atoms with Gasteiger partial charge >= 0.3 is 0 Å². The first-order valence-corrected chi connectivity index (χ1v) is 6.95. The Hall–Kier alpha value is -0.190. The maximum atomic E-state index is 5.72. The molecule has 0 amide bonds. The van der Waals surface area contributed by atoms with Crippen molar-refractivity contribution in [2.75, 3.05) is 19.7 Å². The van der Waals surface area contributed by atoms with Gasteiger partial charge in [-0.3, -0.25) is 4.84 Å². The third-order valence-corrected chi connectivity index (χ3v) is 3.31. The minimum absolute atomic E-state index is 0.263. The van der Waals surface area contributed by atoms with Crippen molar-refractivity contribution in [1.29, 1.82) is 0 Å². The summed E-state index contributed by atoms with van der Waals surface area (Å²) in [6, 6.07) is 0. The molecule has 0 aliphatic carbocycles. The minimum atomic E-state index is 0.263. The van der Waals surface area contributed by atoms with Crippen LogP contribution in [0.15, 0.2) is 4.51 Å². The van der Waals surface area contributed by atoms with Crippen LogP contribution in [0.25, 0.3) is 0 Å². The predicted octanol–water partition coefficient (Wildman–Crippen LogP) is 2.91. The highest BCUT2D eigenvalue weighted by atomic mass is 35.5. The van der Waals surface area contributed by atoms with E-state index in [1.165, 1.54) is 25.7 Å². The molecule has 0 bridgehead atoms. The molecule has 1 fully saturated rings. The van der Waals surface area contributed by atoms with Crippen molar-refractivity contribution in [3.05, 3.63) is 0 Å². The van der Waals surface area contributed by atoms with Crippen LogP contribution < -0.4 is 4.84 Å². The second-order valence-electron chi connectivity index (χ2n) is 4.29. The molecule has 1 N–H and O–H groups in total. The Bertz CT molecular complexity index is 239. The van der Waals surface area contributed by atoms with Gasteiger partial charge in [0, 0.05) is 36.6 Å². The van der Waals surface area contributed by atoms with E-state index in [1.807, 2.05) is 4.90 Å². The fraction of sp³-hybridized carbons (Fsp3) is 0.909. The van der Waals surface area contributed by atoms with Gasteiger partial charge in [-0.2, -0.15) is 0 Å². The summed E-state index contributed by atoms with van der Waals surface area (Å²) in [6.45, 7) is 4.50. The summed E-state index contributed by atoms with van der Waals surface area (Å²) in [6.07, 6.45) is 6.41. The van der Waals surface area contributed by atoms with Crippen molar-refractivity contribution in [1.82, 2.24) is 9.74 Å².